The van der Waals surface area contributed by atoms with Gasteiger partial charge >= 0.3 is 17.8 Å². The van der Waals surface area contributed by atoms with Crippen LogP contribution in [0.2, 0.25) is 0 Å². The number of carbonyl (C=O) groups is 3. The van der Waals surface area contributed by atoms with Crippen molar-refractivity contribution in [1.29, 1.82) is 0 Å². The van der Waals surface area contributed by atoms with Crippen molar-refractivity contribution in [2.75, 3.05) is 0 Å². The maximum Gasteiger partial charge on any atom is 0.375 e. The second-order valence-corrected chi connectivity index (χ2v) is 5.55. The lowest BCUT2D eigenvalue weighted by atomic mass is 9.80. The number of esters is 2. The number of rotatable bonds is 7. The van der Waals surface area contributed by atoms with Gasteiger partial charge in [0.25, 0.3) is 0 Å². The quantitative estimate of drug-likeness (QED) is 0.218. The number of ether oxygens (including phenoxy) is 2. The molecule has 22 heavy (non-hydrogen) atoms. The van der Waals surface area contributed by atoms with Gasteiger partial charge in [0.05, 0.1) is 0 Å². The number of hydrogen-bond acceptors (Lipinski definition) is 10. The molecule has 2 rings (SSSR count). The first-order valence-electron chi connectivity index (χ1n) is 6.83. The molecular weight excluding hydrogens is 298 g/mol. The van der Waals surface area contributed by atoms with Gasteiger partial charge < -0.3 is 9.47 Å². The van der Waals surface area contributed by atoms with E-state index in [1.54, 1.807) is 0 Å². The molecule has 0 aromatic carbocycles. The SMILES string of the molecule is NOC1(C(=O)OC(N)(C=O)OC(=O)C2(ON)CCC2)CCC1. The van der Waals surface area contributed by atoms with Crippen LogP contribution in [0, 0.1) is 0 Å². The van der Waals surface area contributed by atoms with Gasteiger partial charge in [-0.05, 0) is 38.5 Å². The molecule has 0 spiro atoms. The van der Waals surface area contributed by atoms with E-state index in [4.69, 9.17) is 27.0 Å². The molecule has 0 saturated heterocycles. The number of carbonyl (C=O) groups excluding carboxylic acids is 3. The van der Waals surface area contributed by atoms with Crippen LogP contribution >= 0.6 is 0 Å². The van der Waals surface area contributed by atoms with Crippen molar-refractivity contribution in [3.05, 3.63) is 0 Å². The molecule has 2 aliphatic carbocycles. The van der Waals surface area contributed by atoms with Crippen LogP contribution in [0.5, 0.6) is 0 Å². The van der Waals surface area contributed by atoms with Crippen LogP contribution in [-0.4, -0.2) is 35.3 Å². The first kappa shape index (κ1) is 16.8. The van der Waals surface area contributed by atoms with Crippen LogP contribution in [0.25, 0.3) is 0 Å². The normalized spacial score (nSPS) is 22.0. The molecule has 0 amide bonds. The van der Waals surface area contributed by atoms with E-state index in [-0.39, 0.29) is 6.29 Å². The van der Waals surface area contributed by atoms with Crippen molar-refractivity contribution in [1.82, 2.24) is 0 Å². The minimum Gasteiger partial charge on any atom is -0.400 e. The lowest BCUT2D eigenvalue weighted by Crippen LogP contribution is -2.61. The fourth-order valence-electron chi connectivity index (χ4n) is 2.28. The fourth-order valence-corrected chi connectivity index (χ4v) is 2.28. The minimum atomic E-state index is -2.59. The molecule has 2 fully saturated rings. The van der Waals surface area contributed by atoms with Gasteiger partial charge in [-0.3, -0.25) is 20.2 Å². The highest BCUT2D eigenvalue weighted by Crippen LogP contribution is 2.38. The predicted molar refractivity (Wildman–Crippen MR) is 68.9 cm³/mol. The van der Waals surface area contributed by atoms with Gasteiger partial charge in [0.2, 0.25) is 6.29 Å². The molecule has 0 aromatic rings. The summed E-state index contributed by atoms with van der Waals surface area (Å²) in [5.74, 6) is 5.63. The van der Waals surface area contributed by atoms with Gasteiger partial charge in [-0.25, -0.2) is 21.4 Å². The molecule has 0 radical (unpaired) electrons. The van der Waals surface area contributed by atoms with Crippen molar-refractivity contribution in [3.8, 4) is 0 Å². The Balaban J connectivity index is 2.04. The van der Waals surface area contributed by atoms with Crippen LogP contribution in [-0.2, 0) is 33.5 Å². The molecule has 6 N–H and O–H groups in total. The maximum atomic E-state index is 12.0. The Kier molecular flexibility index (Phi) is 4.49. The van der Waals surface area contributed by atoms with Crippen LogP contribution in [0.15, 0.2) is 0 Å². The molecule has 10 nitrogen and oxygen atoms in total. The van der Waals surface area contributed by atoms with Crippen LogP contribution in [0.4, 0.5) is 0 Å². The Morgan fingerprint density at radius 2 is 1.27 bits per heavy atom. The molecule has 10 heteroatoms. The van der Waals surface area contributed by atoms with E-state index in [9.17, 15) is 14.4 Å². The van der Waals surface area contributed by atoms with Crippen LogP contribution < -0.4 is 17.5 Å². The first-order chi connectivity index (χ1) is 10.4. The highest BCUT2D eigenvalue weighted by atomic mass is 16.8. The summed E-state index contributed by atoms with van der Waals surface area (Å²) < 4.78 is 9.58. The summed E-state index contributed by atoms with van der Waals surface area (Å²) in [6.45, 7) is 0. The van der Waals surface area contributed by atoms with Crippen molar-refractivity contribution in [3.63, 3.8) is 0 Å². The lowest BCUT2D eigenvalue weighted by Gasteiger charge is -2.40. The predicted octanol–water partition coefficient (Wildman–Crippen LogP) is -1.49. The van der Waals surface area contributed by atoms with Crippen LogP contribution in [0.3, 0.4) is 0 Å². The van der Waals surface area contributed by atoms with Gasteiger partial charge in [0.15, 0.2) is 11.2 Å². The molecule has 124 valence electrons. The number of aldehydes is 1. The van der Waals surface area contributed by atoms with E-state index in [1.165, 1.54) is 0 Å². The summed E-state index contributed by atoms with van der Waals surface area (Å²) in [6, 6.07) is 0. The zero-order valence-electron chi connectivity index (χ0n) is 11.9. The zero-order valence-corrected chi connectivity index (χ0v) is 11.9. The highest BCUT2D eigenvalue weighted by molar-refractivity contribution is 5.85. The molecule has 0 unspecified atom stereocenters. The Morgan fingerprint density at radius 1 is 0.909 bits per heavy atom. The van der Waals surface area contributed by atoms with Gasteiger partial charge in [-0.15, -0.1) is 0 Å². The minimum absolute atomic E-state index is 0.00539. The summed E-state index contributed by atoms with van der Waals surface area (Å²) in [5, 5.41) is 0. The topological polar surface area (TPSA) is 166 Å². The summed E-state index contributed by atoms with van der Waals surface area (Å²) in [6.07, 6.45) is 2.68. The fraction of sp³-hybridized carbons (Fsp3) is 0.750. The van der Waals surface area contributed by atoms with Gasteiger partial charge in [0.1, 0.15) is 0 Å². The lowest BCUT2D eigenvalue weighted by molar-refractivity contribution is -0.250. The summed E-state index contributed by atoms with van der Waals surface area (Å²) in [5.41, 5.74) is 2.79. The van der Waals surface area contributed by atoms with E-state index in [1.807, 2.05) is 0 Å². The van der Waals surface area contributed by atoms with E-state index >= 15 is 0 Å². The van der Waals surface area contributed by atoms with Crippen LogP contribution in [0.1, 0.15) is 38.5 Å². The van der Waals surface area contributed by atoms with E-state index in [0.717, 1.165) is 0 Å². The van der Waals surface area contributed by atoms with Crippen molar-refractivity contribution >= 4 is 18.2 Å². The van der Waals surface area contributed by atoms with Gasteiger partial charge in [-0.1, -0.05) is 0 Å². The third kappa shape index (κ3) is 2.71. The molecular formula is C12H19N3O7. The number of nitrogens with two attached hydrogens (primary N) is 3. The maximum absolute atomic E-state index is 12.0. The van der Waals surface area contributed by atoms with E-state index in [0.29, 0.717) is 38.5 Å². The first-order valence-corrected chi connectivity index (χ1v) is 6.83. The van der Waals surface area contributed by atoms with Crippen molar-refractivity contribution in [2.24, 2.45) is 17.5 Å². The average Bonchev–Trinajstić information content (AvgIpc) is 2.37. The van der Waals surface area contributed by atoms with Crippen molar-refractivity contribution < 1.29 is 33.5 Å². The third-order valence-electron chi connectivity index (χ3n) is 4.19. The standard InChI is InChI=1S/C12H19N3O7/c13-12(7-16,19-8(17)10(21-14)3-1-4-10)20-9(18)11(22-15)5-2-6-11/h7H,1-6,13-15H2. The molecule has 0 bridgehead atoms. The largest absolute Gasteiger partial charge is 0.400 e. The number of hydrogen-bond donors (Lipinski definition) is 3. The Bertz CT molecular complexity index is 426. The second-order valence-electron chi connectivity index (χ2n) is 5.55. The molecule has 2 aliphatic rings. The zero-order chi connectivity index (χ0) is 16.4. The molecule has 2 saturated carbocycles. The molecule has 0 atom stereocenters. The van der Waals surface area contributed by atoms with Crippen molar-refractivity contribution in [2.45, 2.75) is 55.6 Å². The molecule has 0 aliphatic heterocycles. The Hall–Kier alpha value is -1.59. The summed E-state index contributed by atoms with van der Waals surface area (Å²) in [4.78, 5) is 44.4. The smallest absolute Gasteiger partial charge is 0.375 e. The monoisotopic (exact) mass is 317 g/mol. The highest BCUT2D eigenvalue weighted by Gasteiger charge is 2.53. The van der Waals surface area contributed by atoms with E-state index in [2.05, 4.69) is 9.68 Å². The summed E-state index contributed by atoms with van der Waals surface area (Å²) >= 11 is 0. The van der Waals surface area contributed by atoms with Gasteiger partial charge in [0, 0.05) is 0 Å². The third-order valence-corrected chi connectivity index (χ3v) is 4.19. The van der Waals surface area contributed by atoms with Gasteiger partial charge in [-0.2, -0.15) is 0 Å². The Morgan fingerprint density at radius 3 is 1.45 bits per heavy atom. The molecule has 0 aromatic heterocycles. The summed E-state index contributed by atoms with van der Waals surface area (Å²) in [7, 11) is 0. The van der Waals surface area contributed by atoms with E-state index < -0.39 is 29.1 Å². The Labute approximate surface area is 126 Å². The molecule has 0 heterocycles. The second kappa shape index (κ2) is 5.89. The average molecular weight is 317 g/mol.